The number of hydrogen-bond acceptors (Lipinski definition) is 2. The van der Waals surface area contributed by atoms with Gasteiger partial charge in [0.05, 0.1) is 0 Å². The molecule has 0 amide bonds. The molecule has 4 heteroatoms. The molecule has 1 N–H and O–H groups in total. The van der Waals surface area contributed by atoms with Gasteiger partial charge in [0.25, 0.3) is 0 Å². The second-order valence-electron chi connectivity index (χ2n) is 4.62. The van der Waals surface area contributed by atoms with Crippen molar-refractivity contribution in [2.45, 2.75) is 13.3 Å². The Labute approximate surface area is 109 Å². The number of hydrogen-bond donors (Lipinski definition) is 1. The van der Waals surface area contributed by atoms with E-state index in [1.165, 1.54) is 12.1 Å². The van der Waals surface area contributed by atoms with E-state index < -0.39 is 0 Å². The van der Waals surface area contributed by atoms with Crippen molar-refractivity contribution < 1.29 is 9.18 Å². The molecule has 2 atom stereocenters. The van der Waals surface area contributed by atoms with Gasteiger partial charge < -0.3 is 5.32 Å². The van der Waals surface area contributed by atoms with Crippen molar-refractivity contribution in [3.8, 4) is 0 Å². The first kappa shape index (κ1) is 12.7. The van der Waals surface area contributed by atoms with Crippen LogP contribution in [-0.2, 0) is 11.2 Å². The summed E-state index contributed by atoms with van der Waals surface area (Å²) in [4.78, 5) is 12.1. The molecule has 2 nitrogen and oxygen atoms in total. The fourth-order valence-corrected chi connectivity index (χ4v) is 2.72. The van der Waals surface area contributed by atoms with Crippen molar-refractivity contribution >= 4 is 21.7 Å². The summed E-state index contributed by atoms with van der Waals surface area (Å²) in [7, 11) is 0. The lowest BCUT2D eigenvalue weighted by Crippen LogP contribution is -2.23. The monoisotopic (exact) mass is 299 g/mol. The highest BCUT2D eigenvalue weighted by molar-refractivity contribution is 9.10. The van der Waals surface area contributed by atoms with Crippen LogP contribution in [0.25, 0.3) is 0 Å². The minimum atomic E-state index is -0.288. The van der Waals surface area contributed by atoms with E-state index >= 15 is 0 Å². The van der Waals surface area contributed by atoms with Gasteiger partial charge >= 0.3 is 0 Å². The SMILES string of the molecule is CC1CNCC1C(=O)Cc1ccc(F)cc1Br. The average molecular weight is 300 g/mol. The number of Topliss-reactive ketones (excluding diaryl/α,β-unsaturated/α-hetero) is 1. The third kappa shape index (κ3) is 2.93. The molecule has 1 aliphatic rings. The number of halogens is 2. The highest BCUT2D eigenvalue weighted by Crippen LogP contribution is 2.23. The fraction of sp³-hybridized carbons (Fsp3) is 0.462. The maximum Gasteiger partial charge on any atom is 0.141 e. The van der Waals surface area contributed by atoms with Crippen LogP contribution < -0.4 is 5.32 Å². The molecule has 1 saturated heterocycles. The summed E-state index contributed by atoms with van der Waals surface area (Å²) in [5, 5.41) is 3.22. The molecule has 17 heavy (non-hydrogen) atoms. The number of ketones is 1. The maximum atomic E-state index is 12.9. The van der Waals surface area contributed by atoms with Crippen LogP contribution in [0.3, 0.4) is 0 Å². The topological polar surface area (TPSA) is 29.1 Å². The van der Waals surface area contributed by atoms with E-state index in [-0.39, 0.29) is 17.5 Å². The van der Waals surface area contributed by atoms with Gasteiger partial charge in [-0.05, 0) is 30.2 Å². The quantitative estimate of drug-likeness (QED) is 0.929. The number of benzene rings is 1. The molecule has 92 valence electrons. The molecule has 1 heterocycles. The molecule has 2 unspecified atom stereocenters. The Bertz CT molecular complexity index is 435. The molecular weight excluding hydrogens is 285 g/mol. The minimum absolute atomic E-state index is 0.0898. The van der Waals surface area contributed by atoms with Crippen molar-refractivity contribution in [2.24, 2.45) is 11.8 Å². The summed E-state index contributed by atoms with van der Waals surface area (Å²) < 4.78 is 13.6. The normalized spacial score (nSPS) is 23.9. The first-order valence-corrected chi connectivity index (χ1v) is 6.54. The Morgan fingerprint density at radius 1 is 1.53 bits per heavy atom. The molecule has 0 aliphatic carbocycles. The van der Waals surface area contributed by atoms with Gasteiger partial charge in [-0.2, -0.15) is 0 Å². The molecule has 0 saturated carbocycles. The van der Waals surface area contributed by atoms with Crippen molar-refractivity contribution in [2.75, 3.05) is 13.1 Å². The predicted molar refractivity (Wildman–Crippen MR) is 68.3 cm³/mol. The van der Waals surface area contributed by atoms with Gasteiger partial charge in [-0.25, -0.2) is 4.39 Å². The third-order valence-corrected chi connectivity index (χ3v) is 4.05. The van der Waals surface area contributed by atoms with Gasteiger partial charge in [0.1, 0.15) is 11.6 Å². The molecule has 1 aromatic carbocycles. The molecule has 1 fully saturated rings. The highest BCUT2D eigenvalue weighted by Gasteiger charge is 2.29. The summed E-state index contributed by atoms with van der Waals surface area (Å²) in [6.07, 6.45) is 0.373. The van der Waals surface area contributed by atoms with E-state index in [9.17, 15) is 9.18 Å². The molecule has 0 aromatic heterocycles. The molecule has 1 aliphatic heterocycles. The first-order valence-electron chi connectivity index (χ1n) is 5.75. The van der Waals surface area contributed by atoms with Gasteiger partial charge in [0.2, 0.25) is 0 Å². The Morgan fingerprint density at radius 2 is 2.29 bits per heavy atom. The third-order valence-electron chi connectivity index (χ3n) is 3.31. The van der Waals surface area contributed by atoms with Crippen LogP contribution in [0.15, 0.2) is 22.7 Å². The largest absolute Gasteiger partial charge is 0.316 e. The predicted octanol–water partition coefficient (Wildman–Crippen LogP) is 2.56. The van der Waals surface area contributed by atoms with Crippen LogP contribution in [0, 0.1) is 17.7 Å². The Kier molecular flexibility index (Phi) is 3.94. The number of carbonyl (C=O) groups excluding carboxylic acids is 1. The second kappa shape index (κ2) is 5.27. The van der Waals surface area contributed by atoms with Crippen LogP contribution in [0.5, 0.6) is 0 Å². The zero-order valence-corrected chi connectivity index (χ0v) is 11.3. The fourth-order valence-electron chi connectivity index (χ4n) is 2.22. The molecule has 1 aromatic rings. The van der Waals surface area contributed by atoms with E-state index in [0.29, 0.717) is 16.8 Å². The summed E-state index contributed by atoms with van der Waals surface area (Å²) in [6, 6.07) is 4.47. The van der Waals surface area contributed by atoms with Crippen LogP contribution in [0.4, 0.5) is 4.39 Å². The van der Waals surface area contributed by atoms with Crippen LogP contribution in [-0.4, -0.2) is 18.9 Å². The molecule has 0 bridgehead atoms. The standard InChI is InChI=1S/C13H15BrFNO/c1-8-6-16-7-11(8)13(17)4-9-2-3-10(15)5-12(9)14/h2-3,5,8,11,16H,4,6-7H2,1H3. The Morgan fingerprint density at radius 3 is 2.88 bits per heavy atom. The van der Waals surface area contributed by atoms with E-state index in [2.05, 4.69) is 28.2 Å². The van der Waals surface area contributed by atoms with Gasteiger partial charge in [-0.3, -0.25) is 4.79 Å². The zero-order valence-electron chi connectivity index (χ0n) is 9.67. The Balaban J connectivity index is 2.07. The van der Waals surface area contributed by atoms with E-state index in [1.807, 2.05) is 0 Å². The Hall–Kier alpha value is -0.740. The summed E-state index contributed by atoms with van der Waals surface area (Å²) in [5.41, 5.74) is 0.857. The summed E-state index contributed by atoms with van der Waals surface area (Å²) >= 11 is 3.29. The second-order valence-corrected chi connectivity index (χ2v) is 5.48. The highest BCUT2D eigenvalue weighted by atomic mass is 79.9. The number of rotatable bonds is 3. The van der Waals surface area contributed by atoms with E-state index in [4.69, 9.17) is 0 Å². The zero-order chi connectivity index (χ0) is 12.4. The van der Waals surface area contributed by atoms with Gasteiger partial charge in [-0.1, -0.05) is 28.9 Å². The molecule has 2 rings (SSSR count). The minimum Gasteiger partial charge on any atom is -0.316 e. The summed E-state index contributed by atoms with van der Waals surface area (Å²) in [5.74, 6) is 0.424. The smallest absolute Gasteiger partial charge is 0.141 e. The van der Waals surface area contributed by atoms with Gasteiger partial charge in [-0.15, -0.1) is 0 Å². The van der Waals surface area contributed by atoms with Gasteiger partial charge in [0.15, 0.2) is 0 Å². The average Bonchev–Trinajstić information content (AvgIpc) is 2.68. The molecular formula is C13H15BrFNO. The lowest BCUT2D eigenvalue weighted by Gasteiger charge is -2.13. The lowest BCUT2D eigenvalue weighted by atomic mass is 9.90. The van der Waals surface area contributed by atoms with Crippen LogP contribution >= 0.6 is 15.9 Å². The molecule has 0 spiro atoms. The number of carbonyl (C=O) groups is 1. The van der Waals surface area contributed by atoms with Gasteiger partial charge in [0, 0.05) is 23.4 Å². The lowest BCUT2D eigenvalue weighted by molar-refractivity contribution is -0.122. The van der Waals surface area contributed by atoms with E-state index in [0.717, 1.165) is 18.7 Å². The van der Waals surface area contributed by atoms with Crippen LogP contribution in [0.1, 0.15) is 12.5 Å². The maximum absolute atomic E-state index is 12.9. The summed E-state index contributed by atoms with van der Waals surface area (Å²) in [6.45, 7) is 3.75. The number of nitrogens with one attached hydrogen (secondary N) is 1. The first-order chi connectivity index (χ1) is 8.08. The van der Waals surface area contributed by atoms with Crippen molar-refractivity contribution in [1.29, 1.82) is 0 Å². The van der Waals surface area contributed by atoms with Crippen molar-refractivity contribution in [3.63, 3.8) is 0 Å². The van der Waals surface area contributed by atoms with Crippen molar-refractivity contribution in [3.05, 3.63) is 34.1 Å². The van der Waals surface area contributed by atoms with Crippen molar-refractivity contribution in [1.82, 2.24) is 5.32 Å². The van der Waals surface area contributed by atoms with E-state index in [1.54, 1.807) is 6.07 Å². The van der Waals surface area contributed by atoms with Crippen LogP contribution in [0.2, 0.25) is 0 Å². The molecule has 0 radical (unpaired) electrons.